The minimum atomic E-state index is -0.826. The van der Waals surface area contributed by atoms with Gasteiger partial charge in [-0.05, 0) is 25.0 Å². The zero-order valence-electron chi connectivity index (χ0n) is 6.74. The second-order valence-electron chi connectivity index (χ2n) is 2.62. The van der Waals surface area contributed by atoms with E-state index in [0.29, 0.717) is 0 Å². The summed E-state index contributed by atoms with van der Waals surface area (Å²) in [7, 11) is 0. The van der Waals surface area contributed by atoms with Gasteiger partial charge in [-0.25, -0.2) is 8.78 Å². The molecule has 1 radical (unpaired) electrons. The molecule has 0 atom stereocenters. The Bertz CT molecular complexity index is 306. The Morgan fingerprint density at radius 1 is 1.17 bits per heavy atom. The summed E-state index contributed by atoms with van der Waals surface area (Å²) in [6, 6.07) is 1.35. The van der Waals surface area contributed by atoms with Gasteiger partial charge >= 0.3 is 0 Å². The van der Waals surface area contributed by atoms with Crippen molar-refractivity contribution in [3.63, 3.8) is 0 Å². The first-order chi connectivity index (χ1) is 5.57. The summed E-state index contributed by atoms with van der Waals surface area (Å²) in [5.74, 6) is -1.65. The molecule has 0 fully saturated rings. The number of aryl methyl sites for hydroxylation is 2. The van der Waals surface area contributed by atoms with Gasteiger partial charge in [0.25, 0.3) is 0 Å². The molecule has 0 aliphatic rings. The van der Waals surface area contributed by atoms with Crippen molar-refractivity contribution < 1.29 is 13.6 Å². The molecule has 0 aromatic heterocycles. The van der Waals surface area contributed by atoms with E-state index in [1.807, 2.05) is 0 Å². The summed E-state index contributed by atoms with van der Waals surface area (Å²) in [5.41, 5.74) is -0.0907. The summed E-state index contributed by atoms with van der Waals surface area (Å²) >= 11 is 0. The van der Waals surface area contributed by atoms with E-state index in [1.165, 1.54) is 26.2 Å². The highest BCUT2D eigenvalue weighted by Gasteiger charge is 2.13. The van der Waals surface area contributed by atoms with E-state index >= 15 is 0 Å². The van der Waals surface area contributed by atoms with Crippen LogP contribution in [-0.2, 0) is 4.79 Å². The Hall–Kier alpha value is -1.25. The smallest absolute Gasteiger partial charge is 0.239 e. The molecule has 12 heavy (non-hydrogen) atoms. The van der Waals surface area contributed by atoms with Crippen molar-refractivity contribution in [2.75, 3.05) is 0 Å². The zero-order valence-corrected chi connectivity index (χ0v) is 6.74. The van der Waals surface area contributed by atoms with E-state index < -0.39 is 17.2 Å². The van der Waals surface area contributed by atoms with Gasteiger partial charge in [0.05, 0.1) is 5.56 Å². The number of benzene rings is 1. The van der Waals surface area contributed by atoms with E-state index in [-0.39, 0.29) is 11.1 Å². The minimum absolute atomic E-state index is 0.257. The summed E-state index contributed by atoms with van der Waals surface area (Å²) in [6.07, 6.45) is 1.25. The van der Waals surface area contributed by atoms with Crippen LogP contribution in [0.5, 0.6) is 0 Å². The maximum absolute atomic E-state index is 12.9. The van der Waals surface area contributed by atoms with Crippen molar-refractivity contribution >= 4 is 6.29 Å². The van der Waals surface area contributed by atoms with E-state index in [4.69, 9.17) is 0 Å². The Labute approximate surface area is 69.0 Å². The summed E-state index contributed by atoms with van der Waals surface area (Å²) in [6.45, 7) is 2.95. The lowest BCUT2D eigenvalue weighted by Gasteiger charge is -2.03. The highest BCUT2D eigenvalue weighted by atomic mass is 19.1. The average molecular weight is 169 g/mol. The molecule has 63 valence electrons. The van der Waals surface area contributed by atoms with Crippen LogP contribution in [0.25, 0.3) is 0 Å². The maximum atomic E-state index is 12.9. The third kappa shape index (κ3) is 1.22. The highest BCUT2D eigenvalue weighted by Crippen LogP contribution is 2.17. The van der Waals surface area contributed by atoms with Crippen LogP contribution in [0.2, 0.25) is 0 Å². The molecule has 1 aromatic carbocycles. The molecule has 1 nitrogen and oxygen atoms in total. The number of carbonyl (C=O) groups excluding carboxylic acids is 1. The normalized spacial score (nSPS) is 10.0. The van der Waals surface area contributed by atoms with E-state index in [9.17, 15) is 13.6 Å². The lowest BCUT2D eigenvalue weighted by molar-refractivity contribution is 0.537. The molecule has 0 spiro atoms. The number of rotatable bonds is 1. The standard InChI is InChI=1S/C9H7F2O/c1-5-3-6(2)9(11)7(4-12)8(5)10/h3H,1-2H3. The third-order valence-electron chi connectivity index (χ3n) is 1.67. The van der Waals surface area contributed by atoms with Crippen LogP contribution in [0.1, 0.15) is 16.7 Å². The fourth-order valence-corrected chi connectivity index (χ4v) is 1.03. The van der Waals surface area contributed by atoms with Gasteiger partial charge in [0.1, 0.15) is 11.6 Å². The van der Waals surface area contributed by atoms with Crippen LogP contribution in [0, 0.1) is 25.5 Å². The molecule has 0 aliphatic carbocycles. The highest BCUT2D eigenvalue weighted by molar-refractivity contribution is 5.77. The van der Waals surface area contributed by atoms with Crippen molar-refractivity contribution in [2.24, 2.45) is 0 Å². The Balaban J connectivity index is 3.52. The molecule has 0 saturated carbocycles. The van der Waals surface area contributed by atoms with Gasteiger partial charge in [0.15, 0.2) is 0 Å². The summed E-state index contributed by atoms with van der Waals surface area (Å²) < 4.78 is 25.9. The number of hydrogen-bond donors (Lipinski definition) is 0. The van der Waals surface area contributed by atoms with Crippen LogP contribution < -0.4 is 0 Å². The molecule has 0 aliphatic heterocycles. The van der Waals surface area contributed by atoms with Crippen LogP contribution in [0.15, 0.2) is 6.07 Å². The quantitative estimate of drug-likeness (QED) is 0.628. The molecular formula is C9H7F2O. The Kier molecular flexibility index (Phi) is 2.22. The fourth-order valence-electron chi connectivity index (χ4n) is 1.03. The number of hydrogen-bond acceptors (Lipinski definition) is 1. The zero-order chi connectivity index (χ0) is 9.30. The van der Waals surface area contributed by atoms with Gasteiger partial charge in [0.2, 0.25) is 6.29 Å². The molecule has 0 amide bonds. The predicted molar refractivity (Wildman–Crippen MR) is 40.6 cm³/mol. The fraction of sp³-hybridized carbons (Fsp3) is 0.222. The second-order valence-corrected chi connectivity index (χ2v) is 2.62. The van der Waals surface area contributed by atoms with Crippen molar-refractivity contribution in [3.8, 4) is 0 Å². The van der Waals surface area contributed by atoms with Gasteiger partial charge < -0.3 is 0 Å². The Morgan fingerprint density at radius 2 is 1.58 bits per heavy atom. The molecule has 0 heterocycles. The van der Waals surface area contributed by atoms with Gasteiger partial charge in [0, 0.05) is 0 Å². The van der Waals surface area contributed by atoms with Gasteiger partial charge in [-0.3, -0.25) is 4.79 Å². The third-order valence-corrected chi connectivity index (χ3v) is 1.67. The SMILES string of the molecule is Cc1cc(C)c(F)c([C]=O)c1F. The summed E-state index contributed by atoms with van der Waals surface area (Å²) in [5, 5.41) is 0. The van der Waals surface area contributed by atoms with Gasteiger partial charge in [-0.15, -0.1) is 0 Å². The topological polar surface area (TPSA) is 17.1 Å². The van der Waals surface area contributed by atoms with Crippen molar-refractivity contribution in [1.82, 2.24) is 0 Å². The van der Waals surface area contributed by atoms with Gasteiger partial charge in [-0.2, -0.15) is 0 Å². The first-order valence-corrected chi connectivity index (χ1v) is 3.41. The molecule has 0 unspecified atom stereocenters. The molecule has 1 rings (SSSR count). The van der Waals surface area contributed by atoms with Crippen molar-refractivity contribution in [2.45, 2.75) is 13.8 Å². The van der Waals surface area contributed by atoms with Gasteiger partial charge in [-0.1, -0.05) is 6.07 Å². The monoisotopic (exact) mass is 169 g/mol. The second kappa shape index (κ2) is 3.01. The molecule has 3 heteroatoms. The first-order valence-electron chi connectivity index (χ1n) is 3.41. The lowest BCUT2D eigenvalue weighted by atomic mass is 10.1. The first kappa shape index (κ1) is 8.84. The van der Waals surface area contributed by atoms with Crippen LogP contribution >= 0.6 is 0 Å². The Morgan fingerprint density at radius 3 is 1.92 bits per heavy atom. The van der Waals surface area contributed by atoms with Crippen LogP contribution in [0.3, 0.4) is 0 Å². The lowest BCUT2D eigenvalue weighted by Crippen LogP contribution is -1.99. The van der Waals surface area contributed by atoms with Crippen LogP contribution in [0.4, 0.5) is 8.78 Å². The van der Waals surface area contributed by atoms with Crippen molar-refractivity contribution in [1.29, 1.82) is 0 Å². The van der Waals surface area contributed by atoms with E-state index in [1.54, 1.807) is 0 Å². The molecule has 0 bridgehead atoms. The molecule has 1 aromatic rings. The molecule has 0 saturated heterocycles. The summed E-state index contributed by atoms with van der Waals surface area (Å²) in [4.78, 5) is 10.1. The maximum Gasteiger partial charge on any atom is 0.239 e. The van der Waals surface area contributed by atoms with Crippen LogP contribution in [-0.4, -0.2) is 6.29 Å². The molecular weight excluding hydrogens is 162 g/mol. The van der Waals surface area contributed by atoms with Crippen molar-refractivity contribution in [3.05, 3.63) is 34.4 Å². The minimum Gasteiger partial charge on any atom is -0.285 e. The average Bonchev–Trinajstić information content (AvgIpc) is 2.02. The molecule has 0 N–H and O–H groups in total. The van der Waals surface area contributed by atoms with E-state index in [0.717, 1.165) is 0 Å². The largest absolute Gasteiger partial charge is 0.285 e. The number of halogens is 2. The predicted octanol–water partition coefficient (Wildman–Crippen LogP) is 2.04. The van der Waals surface area contributed by atoms with E-state index in [2.05, 4.69) is 0 Å².